The van der Waals surface area contributed by atoms with Gasteiger partial charge in [0.15, 0.2) is 11.5 Å². The van der Waals surface area contributed by atoms with Gasteiger partial charge in [-0.05, 0) is 55.7 Å². The molecule has 0 saturated carbocycles. The van der Waals surface area contributed by atoms with E-state index in [-0.39, 0.29) is 35.0 Å². The van der Waals surface area contributed by atoms with E-state index in [1.807, 2.05) is 30.3 Å². The van der Waals surface area contributed by atoms with Crippen LogP contribution in [0.3, 0.4) is 0 Å². The maximum absolute atomic E-state index is 13.2. The molecule has 0 spiro atoms. The van der Waals surface area contributed by atoms with Gasteiger partial charge in [-0.2, -0.15) is 5.10 Å². The number of hydrogen-bond donors (Lipinski definition) is 0. The number of nitro benzene ring substituents is 1. The van der Waals surface area contributed by atoms with Gasteiger partial charge in [0.2, 0.25) is 0 Å². The summed E-state index contributed by atoms with van der Waals surface area (Å²) in [7, 11) is 0. The molecule has 0 radical (unpaired) electrons. The molecule has 2 atom stereocenters. The van der Waals surface area contributed by atoms with Crippen molar-refractivity contribution in [2.24, 2.45) is 5.10 Å². The van der Waals surface area contributed by atoms with Crippen molar-refractivity contribution in [1.82, 2.24) is 0 Å². The standard InChI is InChI=1S/C30H25N3O6/c1-3-19(2)30(35)38-22-14-15-23(25(16-22)33(36)37)32-24(20-10-6-4-7-11-20)17-28-29(31-32)26(34)18-27(39-28)21-12-8-5-9-13-21/h3,5,8-9,11-17,24,27H,6,10,18H2,1-2H3/b19-3-. The number of rotatable bonds is 6. The van der Waals surface area contributed by atoms with Gasteiger partial charge in [0.25, 0.3) is 5.69 Å². The van der Waals surface area contributed by atoms with Crippen LogP contribution in [0.1, 0.15) is 44.8 Å². The fourth-order valence-corrected chi connectivity index (χ4v) is 4.52. The van der Waals surface area contributed by atoms with Gasteiger partial charge in [0, 0.05) is 12.0 Å². The van der Waals surface area contributed by atoms with Crippen LogP contribution in [0.4, 0.5) is 11.4 Å². The van der Waals surface area contributed by atoms with Gasteiger partial charge in [-0.1, -0.05) is 48.2 Å². The summed E-state index contributed by atoms with van der Waals surface area (Å²) in [5.74, 6) is 5.55. The fourth-order valence-electron chi connectivity index (χ4n) is 4.52. The Balaban J connectivity index is 1.56. The minimum atomic E-state index is -0.605. The quantitative estimate of drug-likeness (QED) is 0.125. The van der Waals surface area contributed by atoms with Crippen molar-refractivity contribution in [3.63, 3.8) is 0 Å². The molecule has 1 fully saturated rings. The summed E-state index contributed by atoms with van der Waals surface area (Å²) in [5, 5.41) is 18.2. The number of ether oxygens (including phenoxy) is 2. The van der Waals surface area contributed by atoms with Crippen LogP contribution >= 0.6 is 0 Å². The van der Waals surface area contributed by atoms with Crippen LogP contribution in [0.25, 0.3) is 0 Å². The van der Waals surface area contributed by atoms with Gasteiger partial charge in [-0.3, -0.25) is 14.9 Å². The average Bonchev–Trinajstić information content (AvgIpc) is 2.97. The smallest absolute Gasteiger partial charge is 0.338 e. The number of carbonyl (C=O) groups excluding carboxylic acids is 2. The highest BCUT2D eigenvalue weighted by molar-refractivity contribution is 6.46. The number of ketones is 1. The predicted molar refractivity (Wildman–Crippen MR) is 145 cm³/mol. The van der Waals surface area contributed by atoms with Crippen LogP contribution in [-0.4, -0.2) is 28.4 Å². The molecular formula is C30H25N3O6. The van der Waals surface area contributed by atoms with Crippen LogP contribution in [-0.2, 0) is 14.3 Å². The number of fused-ring (bicyclic) bond motifs is 1. The number of nitrogens with zero attached hydrogens (tertiary/aromatic N) is 3. The molecule has 1 aliphatic carbocycles. The molecule has 2 aliphatic heterocycles. The number of benzene rings is 2. The first kappa shape index (κ1) is 25.7. The molecule has 2 aromatic rings. The lowest BCUT2D eigenvalue weighted by atomic mass is 9.92. The second-order valence-electron chi connectivity index (χ2n) is 9.22. The zero-order valence-corrected chi connectivity index (χ0v) is 21.4. The predicted octanol–water partition coefficient (Wildman–Crippen LogP) is 5.35. The van der Waals surface area contributed by atoms with E-state index in [0.717, 1.165) is 11.1 Å². The van der Waals surface area contributed by atoms with Crippen molar-refractivity contribution in [2.75, 3.05) is 5.01 Å². The lowest BCUT2D eigenvalue weighted by Crippen LogP contribution is -2.41. The number of allylic oxidation sites excluding steroid dienone is 3. The monoisotopic (exact) mass is 523 g/mol. The van der Waals surface area contributed by atoms with Gasteiger partial charge in [0.05, 0.1) is 23.5 Å². The molecule has 1 saturated heterocycles. The second kappa shape index (κ2) is 10.8. The molecule has 0 aromatic heterocycles. The zero-order valence-electron chi connectivity index (χ0n) is 21.4. The van der Waals surface area contributed by atoms with Crippen molar-refractivity contribution in [3.8, 4) is 17.6 Å². The minimum Gasteiger partial charge on any atom is -0.483 e. The van der Waals surface area contributed by atoms with Crippen LogP contribution in [0.2, 0.25) is 0 Å². The second-order valence-corrected chi connectivity index (χ2v) is 9.22. The molecule has 0 N–H and O–H groups in total. The summed E-state index contributed by atoms with van der Waals surface area (Å²) in [6.45, 7) is 3.29. The molecule has 39 heavy (non-hydrogen) atoms. The number of hydrogen-bond acceptors (Lipinski definition) is 8. The van der Waals surface area contributed by atoms with Crippen molar-refractivity contribution in [1.29, 1.82) is 0 Å². The van der Waals surface area contributed by atoms with Gasteiger partial charge in [-0.15, -0.1) is 0 Å². The highest BCUT2D eigenvalue weighted by Gasteiger charge is 2.39. The number of nitro groups is 1. The maximum Gasteiger partial charge on any atom is 0.338 e. The van der Waals surface area contributed by atoms with Crippen LogP contribution in [0.15, 0.2) is 88.8 Å². The average molecular weight is 524 g/mol. The summed E-state index contributed by atoms with van der Waals surface area (Å²) in [5.41, 5.74) is 2.06. The van der Waals surface area contributed by atoms with E-state index in [9.17, 15) is 19.7 Å². The van der Waals surface area contributed by atoms with E-state index in [1.165, 1.54) is 23.2 Å². The van der Waals surface area contributed by atoms with E-state index < -0.39 is 23.0 Å². The summed E-state index contributed by atoms with van der Waals surface area (Å²) < 4.78 is 11.6. The van der Waals surface area contributed by atoms with E-state index in [1.54, 1.807) is 32.1 Å². The Morgan fingerprint density at radius 1 is 1.26 bits per heavy atom. The Labute approximate surface area is 225 Å². The third-order valence-corrected chi connectivity index (χ3v) is 6.72. The summed E-state index contributed by atoms with van der Waals surface area (Å²) in [4.78, 5) is 37.1. The molecule has 9 nitrogen and oxygen atoms in total. The molecule has 2 unspecified atom stereocenters. The molecule has 2 aromatic carbocycles. The Kier molecular flexibility index (Phi) is 7.10. The number of esters is 1. The van der Waals surface area contributed by atoms with Gasteiger partial charge >= 0.3 is 5.97 Å². The SMILES string of the molecule is C/C=C(/C)C(=O)Oc1ccc(N2N=C3C(=O)CC(c4ccccc4)OC3=CC2C2=CC#CCC2)c([N+](=O)[O-])c1. The van der Waals surface area contributed by atoms with Gasteiger partial charge < -0.3 is 9.47 Å². The first-order valence-electron chi connectivity index (χ1n) is 12.5. The van der Waals surface area contributed by atoms with Gasteiger partial charge in [0.1, 0.15) is 23.3 Å². The Hall–Kier alpha value is -4.97. The Bertz CT molecular complexity index is 1540. The first-order valence-corrected chi connectivity index (χ1v) is 12.5. The largest absolute Gasteiger partial charge is 0.483 e. The normalized spacial score (nSPS) is 20.4. The summed E-state index contributed by atoms with van der Waals surface area (Å²) >= 11 is 0. The van der Waals surface area contributed by atoms with Crippen molar-refractivity contribution >= 4 is 28.8 Å². The van der Waals surface area contributed by atoms with Gasteiger partial charge in [-0.25, -0.2) is 9.80 Å². The zero-order chi connectivity index (χ0) is 27.5. The molecule has 9 heteroatoms. The fraction of sp³-hybridized carbons (Fsp3) is 0.233. The lowest BCUT2D eigenvalue weighted by Gasteiger charge is -2.36. The van der Waals surface area contributed by atoms with Crippen LogP contribution < -0.4 is 9.75 Å². The van der Waals surface area contributed by atoms with E-state index in [0.29, 0.717) is 24.2 Å². The third kappa shape index (κ3) is 5.22. The topological polar surface area (TPSA) is 111 Å². The molecule has 5 rings (SSSR count). The summed E-state index contributed by atoms with van der Waals surface area (Å²) in [6.07, 6.45) is 6.04. The van der Waals surface area contributed by atoms with E-state index >= 15 is 0 Å². The number of Topliss-reactive ketones (excluding diaryl/α,β-unsaturated/α-hetero) is 1. The molecule has 196 valence electrons. The Morgan fingerprint density at radius 2 is 2.05 bits per heavy atom. The number of carbonyl (C=O) groups is 2. The highest BCUT2D eigenvalue weighted by Crippen LogP contribution is 2.40. The lowest BCUT2D eigenvalue weighted by molar-refractivity contribution is -0.384. The number of hydrazone groups is 1. The Morgan fingerprint density at radius 3 is 2.74 bits per heavy atom. The minimum absolute atomic E-state index is 0.0274. The third-order valence-electron chi connectivity index (χ3n) is 6.72. The summed E-state index contributed by atoms with van der Waals surface area (Å²) in [6, 6.07) is 13.0. The molecule has 0 bridgehead atoms. The van der Waals surface area contributed by atoms with Crippen molar-refractivity contribution < 1.29 is 24.0 Å². The number of anilines is 1. The molecule has 3 aliphatic rings. The van der Waals surface area contributed by atoms with Crippen molar-refractivity contribution in [3.05, 3.63) is 99.3 Å². The molecule has 0 amide bonds. The van der Waals surface area contributed by atoms with E-state index in [2.05, 4.69) is 16.9 Å². The first-order chi connectivity index (χ1) is 18.9. The van der Waals surface area contributed by atoms with Crippen LogP contribution in [0.5, 0.6) is 5.75 Å². The van der Waals surface area contributed by atoms with Crippen molar-refractivity contribution in [2.45, 2.75) is 45.3 Å². The van der Waals surface area contributed by atoms with E-state index in [4.69, 9.17) is 9.47 Å². The maximum atomic E-state index is 13.2. The molecule has 2 heterocycles. The van der Waals surface area contributed by atoms with Crippen LogP contribution in [0, 0.1) is 22.0 Å². The molecular weight excluding hydrogens is 498 g/mol. The highest BCUT2D eigenvalue weighted by atomic mass is 16.6.